The Balaban J connectivity index is 2.41. The summed E-state index contributed by atoms with van der Waals surface area (Å²) in [4.78, 5) is 8.38. The Kier molecular flexibility index (Phi) is 2.72. The van der Waals surface area contributed by atoms with Crippen molar-refractivity contribution in [2.24, 2.45) is 0 Å². The quantitative estimate of drug-likeness (QED) is 0.607. The fraction of sp³-hybridized carbons (Fsp3) is 0.167. The Bertz CT molecular complexity index is 534. The summed E-state index contributed by atoms with van der Waals surface area (Å²) in [7, 11) is 0. The van der Waals surface area contributed by atoms with Gasteiger partial charge in [0.15, 0.2) is 0 Å². The second-order valence-corrected chi connectivity index (χ2v) is 3.81. The van der Waals surface area contributed by atoms with Gasteiger partial charge in [-0.25, -0.2) is 9.97 Å². The predicted molar refractivity (Wildman–Crippen MR) is 67.3 cm³/mol. The van der Waals surface area contributed by atoms with Gasteiger partial charge in [-0.05, 0) is 25.1 Å². The fourth-order valence-electron chi connectivity index (χ4n) is 1.45. The average molecular weight is 214 g/mol. The van der Waals surface area contributed by atoms with Crippen molar-refractivity contribution in [2.45, 2.75) is 6.92 Å². The lowest BCUT2D eigenvalue weighted by Gasteiger charge is -2.08. The minimum Gasteiger partial charge on any atom is -0.399 e. The van der Waals surface area contributed by atoms with E-state index < -0.39 is 0 Å². The maximum Gasteiger partial charge on any atom is 0.137 e. The highest BCUT2D eigenvalue weighted by Gasteiger charge is 2.02. The molecule has 4 heteroatoms. The molecule has 0 aliphatic heterocycles. The van der Waals surface area contributed by atoms with Gasteiger partial charge in [-0.1, -0.05) is 12.2 Å². The van der Waals surface area contributed by atoms with Crippen LogP contribution < -0.4 is 11.1 Å². The zero-order valence-corrected chi connectivity index (χ0v) is 9.20. The van der Waals surface area contributed by atoms with Crippen LogP contribution in [-0.2, 0) is 0 Å². The molecule has 0 aliphatic rings. The largest absolute Gasteiger partial charge is 0.399 e. The Morgan fingerprint density at radius 2 is 2.25 bits per heavy atom. The van der Waals surface area contributed by atoms with E-state index >= 15 is 0 Å². The monoisotopic (exact) mass is 214 g/mol. The smallest absolute Gasteiger partial charge is 0.137 e. The molecular formula is C12H14N4. The normalized spacial score (nSPS) is 10.3. The van der Waals surface area contributed by atoms with Crippen LogP contribution in [0, 0.1) is 0 Å². The molecule has 0 spiro atoms. The van der Waals surface area contributed by atoms with Gasteiger partial charge in [0.05, 0.1) is 5.52 Å². The minimum absolute atomic E-state index is 0.705. The number of anilines is 2. The molecule has 4 nitrogen and oxygen atoms in total. The van der Waals surface area contributed by atoms with Crippen LogP contribution in [-0.4, -0.2) is 16.5 Å². The molecule has 0 bridgehead atoms. The van der Waals surface area contributed by atoms with E-state index in [1.165, 1.54) is 6.33 Å². The summed E-state index contributed by atoms with van der Waals surface area (Å²) in [6, 6.07) is 5.60. The molecule has 1 aromatic carbocycles. The third-order valence-electron chi connectivity index (χ3n) is 2.22. The zero-order chi connectivity index (χ0) is 11.5. The summed E-state index contributed by atoms with van der Waals surface area (Å²) in [6.07, 6.45) is 1.53. The molecule has 2 aromatic rings. The van der Waals surface area contributed by atoms with Crippen molar-refractivity contribution < 1.29 is 0 Å². The molecular weight excluding hydrogens is 200 g/mol. The van der Waals surface area contributed by atoms with Gasteiger partial charge in [0.1, 0.15) is 12.1 Å². The highest BCUT2D eigenvalue weighted by Crippen LogP contribution is 2.21. The van der Waals surface area contributed by atoms with Crippen molar-refractivity contribution >= 4 is 22.4 Å². The van der Waals surface area contributed by atoms with Gasteiger partial charge < -0.3 is 11.1 Å². The molecule has 2 rings (SSSR count). The van der Waals surface area contributed by atoms with Crippen molar-refractivity contribution in [2.75, 3.05) is 17.6 Å². The summed E-state index contributed by atoms with van der Waals surface area (Å²) in [5.74, 6) is 0.813. The highest BCUT2D eigenvalue weighted by molar-refractivity contribution is 5.90. The van der Waals surface area contributed by atoms with Crippen LogP contribution in [0.3, 0.4) is 0 Å². The second kappa shape index (κ2) is 4.18. The van der Waals surface area contributed by atoms with Gasteiger partial charge in [0.2, 0.25) is 0 Å². The van der Waals surface area contributed by atoms with E-state index in [1.54, 1.807) is 0 Å². The lowest BCUT2D eigenvalue weighted by atomic mass is 10.2. The molecule has 0 aliphatic carbocycles. The Morgan fingerprint density at radius 3 is 3.00 bits per heavy atom. The van der Waals surface area contributed by atoms with Crippen molar-refractivity contribution in [3.8, 4) is 0 Å². The minimum atomic E-state index is 0.705. The van der Waals surface area contributed by atoms with Crippen LogP contribution >= 0.6 is 0 Å². The van der Waals surface area contributed by atoms with Crippen molar-refractivity contribution in [3.63, 3.8) is 0 Å². The summed E-state index contributed by atoms with van der Waals surface area (Å²) in [5.41, 5.74) is 8.31. The van der Waals surface area contributed by atoms with Gasteiger partial charge in [-0.3, -0.25) is 0 Å². The molecule has 0 fully saturated rings. The molecule has 16 heavy (non-hydrogen) atoms. The molecule has 3 N–H and O–H groups in total. The van der Waals surface area contributed by atoms with Crippen LogP contribution in [0.15, 0.2) is 36.7 Å². The lowest BCUT2D eigenvalue weighted by molar-refractivity contribution is 1.15. The van der Waals surface area contributed by atoms with Crippen LogP contribution in [0.2, 0.25) is 0 Å². The first-order chi connectivity index (χ1) is 7.66. The Morgan fingerprint density at radius 1 is 1.44 bits per heavy atom. The van der Waals surface area contributed by atoms with E-state index in [0.29, 0.717) is 12.2 Å². The van der Waals surface area contributed by atoms with Crippen LogP contribution in [0.1, 0.15) is 6.92 Å². The van der Waals surface area contributed by atoms with Crippen LogP contribution in [0.25, 0.3) is 10.9 Å². The van der Waals surface area contributed by atoms with E-state index in [-0.39, 0.29) is 0 Å². The molecule has 0 atom stereocenters. The number of nitrogens with zero attached hydrogens (tertiary/aromatic N) is 2. The van der Waals surface area contributed by atoms with Gasteiger partial charge >= 0.3 is 0 Å². The highest BCUT2D eigenvalue weighted by atomic mass is 15.0. The van der Waals surface area contributed by atoms with E-state index in [2.05, 4.69) is 21.9 Å². The van der Waals surface area contributed by atoms with E-state index in [1.807, 2.05) is 25.1 Å². The third kappa shape index (κ3) is 2.11. The van der Waals surface area contributed by atoms with Gasteiger partial charge in [0.25, 0.3) is 0 Å². The Labute approximate surface area is 94.2 Å². The summed E-state index contributed by atoms with van der Waals surface area (Å²) < 4.78 is 0. The van der Waals surface area contributed by atoms with E-state index in [0.717, 1.165) is 22.3 Å². The maximum absolute atomic E-state index is 5.70. The van der Waals surface area contributed by atoms with Crippen molar-refractivity contribution in [1.29, 1.82) is 0 Å². The zero-order valence-electron chi connectivity index (χ0n) is 9.20. The van der Waals surface area contributed by atoms with Crippen molar-refractivity contribution in [3.05, 3.63) is 36.7 Å². The molecule has 0 saturated carbocycles. The fourth-order valence-corrected chi connectivity index (χ4v) is 1.45. The number of hydrogen-bond donors (Lipinski definition) is 2. The third-order valence-corrected chi connectivity index (χ3v) is 2.22. The molecule has 0 saturated heterocycles. The first kappa shape index (κ1) is 10.4. The van der Waals surface area contributed by atoms with Crippen LogP contribution in [0.4, 0.5) is 11.5 Å². The molecule has 1 heterocycles. The standard InChI is InChI=1S/C12H14N4/c1-8(2)6-14-12-10-4-3-9(13)5-11(10)15-7-16-12/h3-5,7H,1,6,13H2,2H3,(H,14,15,16). The number of hydrogen-bond acceptors (Lipinski definition) is 4. The number of nitrogens with one attached hydrogen (secondary N) is 1. The number of rotatable bonds is 3. The number of benzene rings is 1. The van der Waals surface area contributed by atoms with Gasteiger partial charge in [-0.2, -0.15) is 0 Å². The van der Waals surface area contributed by atoms with E-state index in [9.17, 15) is 0 Å². The number of nitrogen functional groups attached to an aromatic ring is 1. The summed E-state index contributed by atoms with van der Waals surface area (Å²) >= 11 is 0. The predicted octanol–water partition coefficient (Wildman–Crippen LogP) is 2.20. The molecule has 0 unspecified atom stereocenters. The topological polar surface area (TPSA) is 63.8 Å². The lowest BCUT2D eigenvalue weighted by Crippen LogP contribution is -2.04. The summed E-state index contributed by atoms with van der Waals surface area (Å²) in [6.45, 7) is 6.51. The molecule has 1 aromatic heterocycles. The maximum atomic E-state index is 5.70. The second-order valence-electron chi connectivity index (χ2n) is 3.81. The van der Waals surface area contributed by atoms with Crippen LogP contribution in [0.5, 0.6) is 0 Å². The first-order valence-electron chi connectivity index (χ1n) is 5.05. The average Bonchev–Trinajstić information content (AvgIpc) is 2.25. The molecule has 0 amide bonds. The van der Waals surface area contributed by atoms with Crippen molar-refractivity contribution in [1.82, 2.24) is 9.97 Å². The summed E-state index contributed by atoms with van der Waals surface area (Å²) in [5, 5.41) is 4.19. The molecule has 82 valence electrons. The number of nitrogens with two attached hydrogens (primary N) is 1. The van der Waals surface area contributed by atoms with Gasteiger partial charge in [0, 0.05) is 17.6 Å². The Hall–Kier alpha value is -2.10. The number of aromatic nitrogens is 2. The first-order valence-corrected chi connectivity index (χ1v) is 5.05. The SMILES string of the molecule is C=C(C)CNc1ncnc2cc(N)ccc12. The number of fused-ring (bicyclic) bond motifs is 1. The van der Waals surface area contributed by atoms with E-state index in [4.69, 9.17) is 5.73 Å². The van der Waals surface area contributed by atoms with Gasteiger partial charge in [-0.15, -0.1) is 0 Å². The molecule has 0 radical (unpaired) electrons.